The first-order valence-corrected chi connectivity index (χ1v) is 6.58. The van der Waals surface area contributed by atoms with Crippen LogP contribution in [0.3, 0.4) is 0 Å². The van der Waals surface area contributed by atoms with Crippen LogP contribution < -0.4 is 9.80 Å². The molecule has 100 valence electrons. The fourth-order valence-corrected chi connectivity index (χ4v) is 2.33. The van der Waals surface area contributed by atoms with Gasteiger partial charge in [-0.15, -0.1) is 0 Å². The van der Waals surface area contributed by atoms with Crippen molar-refractivity contribution in [1.82, 2.24) is 9.97 Å². The summed E-state index contributed by atoms with van der Waals surface area (Å²) < 4.78 is 0. The van der Waals surface area contributed by atoms with Crippen LogP contribution in [0.1, 0.15) is 19.4 Å². The van der Waals surface area contributed by atoms with Crippen molar-refractivity contribution in [3.8, 4) is 0 Å². The molecule has 1 aliphatic rings. The van der Waals surface area contributed by atoms with E-state index in [2.05, 4.69) is 34.9 Å². The zero-order valence-corrected chi connectivity index (χ0v) is 12.2. The molecular formula is C15H20N4. The summed E-state index contributed by atoms with van der Waals surface area (Å²) in [4.78, 5) is 13.1. The van der Waals surface area contributed by atoms with E-state index in [4.69, 9.17) is 0 Å². The first-order valence-electron chi connectivity index (χ1n) is 6.58. The number of anilines is 4. The lowest BCUT2D eigenvalue weighted by Gasteiger charge is -2.35. The molecule has 2 aromatic heterocycles. The first-order chi connectivity index (χ1) is 9.20. The van der Waals surface area contributed by atoms with Crippen molar-refractivity contribution in [2.24, 2.45) is 0 Å². The summed E-state index contributed by atoms with van der Waals surface area (Å²) >= 11 is 0. The third-order valence-electron chi connectivity index (χ3n) is 3.20. The number of nitrogens with zero attached hydrogens (tertiary/aromatic N) is 4. The van der Waals surface area contributed by atoms with Gasteiger partial charge in [0.05, 0.1) is 11.4 Å². The number of hydrogen-bond donors (Lipinski definition) is 0. The zero-order chi connectivity index (χ0) is 14.0. The summed E-state index contributed by atoms with van der Waals surface area (Å²) in [6.45, 7) is 6.10. The van der Waals surface area contributed by atoms with Gasteiger partial charge in [-0.05, 0) is 30.7 Å². The first kappa shape index (κ1) is 13.3. The van der Waals surface area contributed by atoms with Crippen molar-refractivity contribution < 1.29 is 0 Å². The standard InChI is InChI=1S/C13H14N4.C2H6/c1-9-6-8-15-13-11(9)16(2)10-5-4-7-14-12(10)17(13)3;1-2/h4-8H,1-3H3;1-2H3. The highest BCUT2D eigenvalue weighted by Crippen LogP contribution is 2.44. The third-order valence-corrected chi connectivity index (χ3v) is 3.20. The minimum absolute atomic E-state index is 0.945. The van der Waals surface area contributed by atoms with E-state index in [-0.39, 0.29) is 0 Å². The monoisotopic (exact) mass is 256 g/mol. The smallest absolute Gasteiger partial charge is 0.158 e. The van der Waals surface area contributed by atoms with Crippen molar-refractivity contribution in [2.75, 3.05) is 23.9 Å². The van der Waals surface area contributed by atoms with Gasteiger partial charge in [-0.1, -0.05) is 13.8 Å². The van der Waals surface area contributed by atoms with Gasteiger partial charge in [-0.25, -0.2) is 9.97 Å². The van der Waals surface area contributed by atoms with Crippen LogP contribution in [-0.2, 0) is 0 Å². The summed E-state index contributed by atoms with van der Waals surface area (Å²) in [5.74, 6) is 1.90. The molecule has 2 aromatic rings. The van der Waals surface area contributed by atoms with Gasteiger partial charge in [0.25, 0.3) is 0 Å². The molecule has 0 spiro atoms. The summed E-state index contributed by atoms with van der Waals surface area (Å²) in [5, 5.41) is 0. The number of aryl methyl sites for hydroxylation is 1. The summed E-state index contributed by atoms with van der Waals surface area (Å²) in [6, 6.07) is 6.07. The Kier molecular flexibility index (Phi) is 3.69. The van der Waals surface area contributed by atoms with E-state index >= 15 is 0 Å². The van der Waals surface area contributed by atoms with Gasteiger partial charge >= 0.3 is 0 Å². The predicted molar refractivity (Wildman–Crippen MR) is 80.7 cm³/mol. The molecule has 3 rings (SSSR count). The number of aromatic nitrogens is 2. The number of fused-ring (bicyclic) bond motifs is 2. The second kappa shape index (κ2) is 5.26. The maximum Gasteiger partial charge on any atom is 0.158 e. The average Bonchev–Trinajstić information content (AvgIpc) is 2.47. The van der Waals surface area contributed by atoms with E-state index in [0.29, 0.717) is 0 Å². The molecule has 0 atom stereocenters. The molecule has 1 aliphatic heterocycles. The molecule has 0 unspecified atom stereocenters. The van der Waals surface area contributed by atoms with Crippen LogP contribution in [0.25, 0.3) is 0 Å². The van der Waals surface area contributed by atoms with Crippen molar-refractivity contribution in [3.05, 3.63) is 36.2 Å². The minimum atomic E-state index is 0.945. The van der Waals surface area contributed by atoms with E-state index in [1.807, 2.05) is 50.3 Å². The van der Waals surface area contributed by atoms with Crippen molar-refractivity contribution in [2.45, 2.75) is 20.8 Å². The molecule has 0 N–H and O–H groups in total. The Morgan fingerprint density at radius 2 is 1.58 bits per heavy atom. The predicted octanol–water partition coefficient (Wildman–Crippen LogP) is 3.66. The van der Waals surface area contributed by atoms with Gasteiger partial charge < -0.3 is 9.80 Å². The Morgan fingerprint density at radius 1 is 0.895 bits per heavy atom. The van der Waals surface area contributed by atoms with E-state index in [0.717, 1.165) is 23.0 Å². The normalized spacial score (nSPS) is 12.3. The molecule has 0 bridgehead atoms. The fourth-order valence-electron chi connectivity index (χ4n) is 2.33. The molecule has 19 heavy (non-hydrogen) atoms. The number of rotatable bonds is 0. The van der Waals surface area contributed by atoms with Crippen LogP contribution in [0.5, 0.6) is 0 Å². The van der Waals surface area contributed by atoms with Crippen LogP contribution in [0.4, 0.5) is 23.0 Å². The quantitative estimate of drug-likeness (QED) is 0.720. The van der Waals surface area contributed by atoms with Crippen molar-refractivity contribution in [1.29, 1.82) is 0 Å². The van der Waals surface area contributed by atoms with E-state index in [1.165, 1.54) is 5.56 Å². The Labute approximate surface area is 114 Å². The van der Waals surface area contributed by atoms with E-state index < -0.39 is 0 Å². The SMILES string of the molecule is CC.Cc1ccnc2c1N(C)c1cccnc1N2C. The highest BCUT2D eigenvalue weighted by Gasteiger charge is 2.26. The van der Waals surface area contributed by atoms with Crippen LogP contribution in [-0.4, -0.2) is 24.1 Å². The van der Waals surface area contributed by atoms with Gasteiger partial charge in [-0.3, -0.25) is 0 Å². The van der Waals surface area contributed by atoms with Crippen LogP contribution in [0, 0.1) is 6.92 Å². The van der Waals surface area contributed by atoms with Gasteiger partial charge in [-0.2, -0.15) is 0 Å². The molecule has 0 aliphatic carbocycles. The molecule has 0 aromatic carbocycles. The Hall–Kier alpha value is -2.10. The van der Waals surface area contributed by atoms with Crippen LogP contribution in [0.2, 0.25) is 0 Å². The van der Waals surface area contributed by atoms with Crippen molar-refractivity contribution in [3.63, 3.8) is 0 Å². The van der Waals surface area contributed by atoms with Gasteiger partial charge in [0.2, 0.25) is 0 Å². The highest BCUT2D eigenvalue weighted by atomic mass is 15.3. The minimum Gasteiger partial charge on any atom is -0.338 e. The van der Waals surface area contributed by atoms with Gasteiger partial charge in [0.15, 0.2) is 11.6 Å². The lowest BCUT2D eigenvalue weighted by Crippen LogP contribution is -2.26. The molecule has 0 saturated carbocycles. The summed E-state index contributed by atoms with van der Waals surface area (Å²) in [7, 11) is 4.06. The maximum atomic E-state index is 4.45. The number of hydrogen-bond acceptors (Lipinski definition) is 4. The summed E-state index contributed by atoms with van der Waals surface area (Å²) in [5.41, 5.74) is 3.48. The molecule has 4 nitrogen and oxygen atoms in total. The maximum absolute atomic E-state index is 4.45. The van der Waals surface area contributed by atoms with Gasteiger partial charge in [0, 0.05) is 26.5 Å². The topological polar surface area (TPSA) is 32.3 Å². The highest BCUT2D eigenvalue weighted by molar-refractivity contribution is 5.90. The van der Waals surface area contributed by atoms with Crippen LogP contribution in [0.15, 0.2) is 30.6 Å². The molecule has 0 radical (unpaired) electrons. The second-order valence-electron chi connectivity index (χ2n) is 4.26. The average molecular weight is 256 g/mol. The molecule has 4 heteroatoms. The Bertz CT molecular complexity index is 580. The fraction of sp³-hybridized carbons (Fsp3) is 0.333. The van der Waals surface area contributed by atoms with Gasteiger partial charge in [0.1, 0.15) is 0 Å². The molecule has 0 fully saturated rings. The second-order valence-corrected chi connectivity index (χ2v) is 4.26. The largest absolute Gasteiger partial charge is 0.338 e. The molecular weight excluding hydrogens is 236 g/mol. The van der Waals surface area contributed by atoms with E-state index in [9.17, 15) is 0 Å². The molecule has 0 amide bonds. The third kappa shape index (κ3) is 2.03. The molecule has 3 heterocycles. The van der Waals surface area contributed by atoms with Crippen molar-refractivity contribution >= 4 is 23.0 Å². The lowest BCUT2D eigenvalue weighted by atomic mass is 10.1. The molecule has 0 saturated heterocycles. The lowest BCUT2D eigenvalue weighted by molar-refractivity contribution is 1.00. The van der Waals surface area contributed by atoms with Crippen LogP contribution >= 0.6 is 0 Å². The summed E-state index contributed by atoms with van der Waals surface area (Å²) in [6.07, 6.45) is 3.65. The Morgan fingerprint density at radius 3 is 2.32 bits per heavy atom. The zero-order valence-electron chi connectivity index (χ0n) is 12.2. The number of pyridine rings is 2. The Balaban J connectivity index is 0.000000637. The van der Waals surface area contributed by atoms with E-state index in [1.54, 1.807) is 0 Å².